The van der Waals surface area contributed by atoms with E-state index in [1.54, 1.807) is 0 Å². The molecule has 0 aromatic carbocycles. The maximum atomic E-state index is 6.94. The highest BCUT2D eigenvalue weighted by Gasteiger charge is 2.52. The minimum absolute atomic E-state index is 0.0297. The van der Waals surface area contributed by atoms with E-state index in [-0.39, 0.29) is 10.4 Å². The standard InChI is InChI=1S/C16H40O2Si3/c1-13-15(3,19(5,6)7)18-21(11,12)16(4,14-2)17-20(8,9)10/h13-14H2,1-12H3/t15?,16-/m1/s1. The predicted molar refractivity (Wildman–Crippen MR) is 104 cm³/mol. The zero-order chi connectivity index (χ0) is 17.3. The highest BCUT2D eigenvalue weighted by molar-refractivity contribution is 6.82. The lowest BCUT2D eigenvalue weighted by Gasteiger charge is -2.52. The van der Waals surface area contributed by atoms with Crippen LogP contribution in [-0.4, -0.2) is 35.2 Å². The van der Waals surface area contributed by atoms with Crippen molar-refractivity contribution in [2.24, 2.45) is 0 Å². The minimum Gasteiger partial charge on any atom is -0.412 e. The van der Waals surface area contributed by atoms with Crippen molar-refractivity contribution in [1.29, 1.82) is 0 Å². The first-order chi connectivity index (χ1) is 9.04. The van der Waals surface area contributed by atoms with Crippen molar-refractivity contribution in [2.45, 2.75) is 103 Å². The Balaban J connectivity index is 5.53. The van der Waals surface area contributed by atoms with E-state index >= 15 is 0 Å². The number of rotatable bonds is 8. The largest absolute Gasteiger partial charge is 0.412 e. The second kappa shape index (κ2) is 6.59. The molecule has 0 saturated heterocycles. The van der Waals surface area contributed by atoms with Crippen LogP contribution in [0.4, 0.5) is 0 Å². The molecule has 0 fully saturated rings. The van der Waals surface area contributed by atoms with Gasteiger partial charge in [-0.1, -0.05) is 33.5 Å². The smallest absolute Gasteiger partial charge is 0.216 e. The Kier molecular flexibility index (Phi) is 6.77. The van der Waals surface area contributed by atoms with Crippen LogP contribution in [0.3, 0.4) is 0 Å². The molecule has 0 heterocycles. The van der Waals surface area contributed by atoms with Crippen LogP contribution in [0.15, 0.2) is 0 Å². The van der Waals surface area contributed by atoms with Crippen LogP contribution in [0, 0.1) is 0 Å². The Morgan fingerprint density at radius 3 is 1.29 bits per heavy atom. The molecule has 0 rings (SSSR count). The third kappa shape index (κ3) is 5.30. The molecular formula is C16H40O2Si3. The summed E-state index contributed by atoms with van der Waals surface area (Å²) in [4.78, 5) is 0. The summed E-state index contributed by atoms with van der Waals surface area (Å²) in [6, 6.07) is 0. The van der Waals surface area contributed by atoms with E-state index in [1.807, 2.05) is 0 Å². The molecule has 0 N–H and O–H groups in total. The van der Waals surface area contributed by atoms with Crippen LogP contribution in [0.1, 0.15) is 40.5 Å². The Morgan fingerprint density at radius 2 is 1.05 bits per heavy atom. The molecule has 0 aliphatic carbocycles. The summed E-state index contributed by atoms with van der Waals surface area (Å²) in [6.07, 6.45) is 2.12. The molecule has 0 aromatic heterocycles. The predicted octanol–water partition coefficient (Wildman–Crippen LogP) is 5.81. The highest BCUT2D eigenvalue weighted by Crippen LogP contribution is 2.39. The van der Waals surface area contributed by atoms with Crippen molar-refractivity contribution in [1.82, 2.24) is 0 Å². The summed E-state index contributed by atoms with van der Waals surface area (Å²) in [6.45, 7) is 27.9. The van der Waals surface area contributed by atoms with Gasteiger partial charge in [-0.2, -0.15) is 0 Å². The molecule has 0 bridgehead atoms. The molecular weight excluding hydrogens is 308 g/mol. The first-order valence-electron chi connectivity index (χ1n) is 8.44. The SMILES string of the molecule is CCC(C)(O[Si](C)(C)[C@](C)(CC)O[Si](C)(C)C)[Si](C)(C)C. The fraction of sp³-hybridized carbons (Fsp3) is 1.00. The zero-order valence-corrected chi connectivity index (χ0v) is 19.7. The summed E-state index contributed by atoms with van der Waals surface area (Å²) in [5.74, 6) is 0. The van der Waals surface area contributed by atoms with E-state index in [9.17, 15) is 0 Å². The summed E-state index contributed by atoms with van der Waals surface area (Å²) >= 11 is 0. The Bertz CT molecular complexity index is 344. The lowest BCUT2D eigenvalue weighted by molar-refractivity contribution is 0.0767. The molecule has 1 unspecified atom stereocenters. The van der Waals surface area contributed by atoms with Crippen LogP contribution in [0.25, 0.3) is 0 Å². The monoisotopic (exact) mass is 348 g/mol. The van der Waals surface area contributed by atoms with Crippen LogP contribution >= 0.6 is 0 Å². The van der Waals surface area contributed by atoms with Gasteiger partial charge in [0, 0.05) is 5.22 Å². The molecule has 0 amide bonds. The molecule has 0 saturated carbocycles. The van der Waals surface area contributed by atoms with E-state index in [0.29, 0.717) is 0 Å². The molecule has 128 valence electrons. The molecule has 5 heteroatoms. The van der Waals surface area contributed by atoms with Crippen LogP contribution in [0.2, 0.25) is 52.4 Å². The van der Waals surface area contributed by atoms with Crippen molar-refractivity contribution < 1.29 is 8.85 Å². The zero-order valence-electron chi connectivity index (χ0n) is 16.7. The third-order valence-electron chi connectivity index (χ3n) is 5.22. The van der Waals surface area contributed by atoms with Gasteiger partial charge in [-0.25, -0.2) is 0 Å². The lowest BCUT2D eigenvalue weighted by Crippen LogP contribution is -2.66. The molecule has 0 aliphatic heterocycles. The summed E-state index contributed by atoms with van der Waals surface area (Å²) < 4.78 is 13.6. The highest BCUT2D eigenvalue weighted by atomic mass is 28.4. The van der Waals surface area contributed by atoms with Gasteiger partial charge < -0.3 is 8.85 Å². The van der Waals surface area contributed by atoms with Gasteiger partial charge in [0.1, 0.15) is 0 Å². The minimum atomic E-state index is -1.99. The summed E-state index contributed by atoms with van der Waals surface area (Å²) in [5.41, 5.74) is 0. The summed E-state index contributed by atoms with van der Waals surface area (Å²) in [5, 5.41) is -0.0739. The van der Waals surface area contributed by atoms with Crippen LogP contribution in [0.5, 0.6) is 0 Å². The van der Waals surface area contributed by atoms with Crippen molar-refractivity contribution in [3.63, 3.8) is 0 Å². The van der Waals surface area contributed by atoms with E-state index in [0.717, 1.165) is 12.8 Å². The fourth-order valence-corrected chi connectivity index (χ4v) is 11.5. The average Bonchev–Trinajstić information content (AvgIpc) is 2.24. The first kappa shape index (κ1) is 21.6. The Labute approximate surface area is 137 Å². The number of hydrogen-bond acceptors (Lipinski definition) is 2. The van der Waals surface area contributed by atoms with Gasteiger partial charge in [-0.3, -0.25) is 0 Å². The summed E-state index contributed by atoms with van der Waals surface area (Å²) in [7, 11) is -4.98. The lowest BCUT2D eigenvalue weighted by atomic mass is 10.3. The second-order valence-corrected chi connectivity index (χ2v) is 23.5. The molecule has 0 aliphatic rings. The molecule has 21 heavy (non-hydrogen) atoms. The van der Waals surface area contributed by atoms with E-state index < -0.39 is 24.7 Å². The van der Waals surface area contributed by atoms with E-state index in [2.05, 4.69) is 80.1 Å². The van der Waals surface area contributed by atoms with Crippen molar-refractivity contribution in [2.75, 3.05) is 0 Å². The molecule has 0 aromatic rings. The van der Waals surface area contributed by atoms with E-state index in [4.69, 9.17) is 8.85 Å². The first-order valence-corrected chi connectivity index (χ1v) is 18.3. The van der Waals surface area contributed by atoms with Gasteiger partial charge >= 0.3 is 0 Å². The van der Waals surface area contributed by atoms with E-state index in [1.165, 1.54) is 0 Å². The van der Waals surface area contributed by atoms with Crippen molar-refractivity contribution >= 4 is 24.7 Å². The third-order valence-corrected chi connectivity index (χ3v) is 14.3. The molecule has 2 nitrogen and oxygen atoms in total. The molecule has 2 atom stereocenters. The fourth-order valence-electron chi connectivity index (χ4n) is 2.72. The second-order valence-electron chi connectivity index (χ2n) is 9.25. The van der Waals surface area contributed by atoms with Gasteiger partial charge in [-0.05, 0) is 59.4 Å². The van der Waals surface area contributed by atoms with Gasteiger partial charge in [0.25, 0.3) is 0 Å². The normalized spacial score (nSPS) is 20.0. The maximum absolute atomic E-state index is 6.94. The van der Waals surface area contributed by atoms with Crippen LogP contribution in [-0.2, 0) is 8.85 Å². The van der Waals surface area contributed by atoms with Gasteiger partial charge in [-0.15, -0.1) is 0 Å². The Morgan fingerprint density at radius 1 is 0.667 bits per heavy atom. The maximum Gasteiger partial charge on any atom is 0.216 e. The van der Waals surface area contributed by atoms with Crippen LogP contribution < -0.4 is 0 Å². The quantitative estimate of drug-likeness (QED) is 0.515. The Hall–Kier alpha value is 0.571. The average molecular weight is 349 g/mol. The topological polar surface area (TPSA) is 18.5 Å². The molecule has 0 spiro atoms. The number of hydrogen-bond donors (Lipinski definition) is 0. The van der Waals surface area contributed by atoms with Gasteiger partial charge in [0.15, 0.2) is 8.32 Å². The van der Waals surface area contributed by atoms with Gasteiger partial charge in [0.05, 0.1) is 13.3 Å². The molecule has 0 radical (unpaired) electrons. The van der Waals surface area contributed by atoms with Gasteiger partial charge in [0.2, 0.25) is 8.32 Å². The van der Waals surface area contributed by atoms with Crippen molar-refractivity contribution in [3.8, 4) is 0 Å². The van der Waals surface area contributed by atoms with Crippen molar-refractivity contribution in [3.05, 3.63) is 0 Å².